The predicted octanol–water partition coefficient (Wildman–Crippen LogP) is -0.478. The van der Waals surface area contributed by atoms with Crippen molar-refractivity contribution in [3.05, 3.63) is 0 Å². The van der Waals surface area contributed by atoms with Crippen molar-refractivity contribution in [1.82, 2.24) is 0 Å². The molecule has 1 radical (unpaired) electrons. The number of hydrogen-bond acceptors (Lipinski definition) is 0. The summed E-state index contributed by atoms with van der Waals surface area (Å²) in [6.45, 7) is 0. The minimum atomic E-state index is 0. The van der Waals surface area contributed by atoms with Gasteiger partial charge >= 0.3 is 49.4 Å². The van der Waals surface area contributed by atoms with Crippen molar-refractivity contribution >= 4 is 0 Å². The van der Waals surface area contributed by atoms with E-state index in [1.165, 1.54) is 0 Å². The van der Waals surface area contributed by atoms with Crippen LogP contribution >= 0.6 is 0 Å². The maximum Gasteiger partial charge on any atom is 3.00 e. The van der Waals surface area contributed by atoms with Gasteiger partial charge in [0.1, 0.15) is 0 Å². The molecule has 0 amide bonds. The molecule has 41 valence electrons. The van der Waals surface area contributed by atoms with Crippen molar-refractivity contribution in [2.75, 3.05) is 0 Å². The molecule has 0 aromatic rings. The average molecular weight is 267 g/mol. The van der Waals surface area contributed by atoms with Crippen molar-refractivity contribution in [2.45, 2.75) is 0 Å². The molecule has 0 aliphatic carbocycles. The SMILES string of the molecule is [Eu+3].[O-2].[O-2].[O-2].[O-2].[V]. The van der Waals surface area contributed by atoms with Gasteiger partial charge in [-0.2, -0.15) is 0 Å². The van der Waals surface area contributed by atoms with Gasteiger partial charge in [-0.05, 0) is 0 Å². The van der Waals surface area contributed by atoms with E-state index >= 15 is 0 Å². The second-order valence-electron chi connectivity index (χ2n) is 0. The van der Waals surface area contributed by atoms with E-state index < -0.39 is 0 Å². The second-order valence-corrected chi connectivity index (χ2v) is 0. The van der Waals surface area contributed by atoms with Crippen LogP contribution in [0.5, 0.6) is 0 Å². The van der Waals surface area contributed by atoms with Crippen molar-refractivity contribution in [3.63, 3.8) is 0 Å². The molecule has 0 saturated carbocycles. The van der Waals surface area contributed by atoms with Gasteiger partial charge in [-0.1, -0.05) is 0 Å². The van der Waals surface area contributed by atoms with Crippen LogP contribution in [0.2, 0.25) is 0 Å². The molecule has 0 aromatic carbocycles. The van der Waals surface area contributed by atoms with Crippen molar-refractivity contribution < 1.29 is 89.8 Å². The molecule has 0 aliphatic heterocycles. The third-order valence-electron chi connectivity index (χ3n) is 0. The summed E-state index contributed by atoms with van der Waals surface area (Å²) in [7, 11) is 0. The minimum absolute atomic E-state index is 0. The van der Waals surface area contributed by atoms with Gasteiger partial charge in [0, 0.05) is 18.6 Å². The zero-order chi connectivity index (χ0) is 0. The van der Waals surface area contributed by atoms with Gasteiger partial charge in [0.25, 0.3) is 0 Å². The fraction of sp³-hybridized carbons (Fsp3) is 0. The van der Waals surface area contributed by atoms with E-state index in [0.29, 0.717) is 0 Å². The smallest absolute Gasteiger partial charge is 2.00 e. The molecule has 0 bridgehead atoms. The van der Waals surface area contributed by atoms with E-state index in [2.05, 4.69) is 0 Å². The number of hydrogen-bond donors (Lipinski definition) is 0. The first-order valence-electron chi connectivity index (χ1n) is 0. The normalized spacial score (nSPS) is 0. The Morgan fingerprint density at radius 2 is 0.500 bits per heavy atom. The van der Waals surface area contributed by atoms with Gasteiger partial charge in [-0.15, -0.1) is 0 Å². The van der Waals surface area contributed by atoms with E-state index in [0.717, 1.165) is 0 Å². The summed E-state index contributed by atoms with van der Waals surface area (Å²) in [6.07, 6.45) is 0. The monoisotopic (exact) mass is 268 g/mol. The van der Waals surface area contributed by atoms with Crippen LogP contribution in [0, 0.1) is 49.4 Å². The Balaban J connectivity index is 0. The van der Waals surface area contributed by atoms with Crippen LogP contribution in [0.25, 0.3) is 0 Å². The fourth-order valence-corrected chi connectivity index (χ4v) is 0. The van der Waals surface area contributed by atoms with Gasteiger partial charge in [-0.3, -0.25) is 0 Å². The molecule has 6 heteroatoms. The van der Waals surface area contributed by atoms with Crippen LogP contribution in [0.15, 0.2) is 0 Å². The Kier molecular flexibility index (Phi) is 1020. The Bertz CT molecular complexity index is 7.51. The van der Waals surface area contributed by atoms with Crippen LogP contribution in [0.1, 0.15) is 0 Å². The molecule has 0 N–H and O–H groups in total. The summed E-state index contributed by atoms with van der Waals surface area (Å²) >= 11 is 0. The maximum absolute atomic E-state index is 0. The summed E-state index contributed by atoms with van der Waals surface area (Å²) in [5, 5.41) is 0. The first-order chi connectivity index (χ1) is 0. The molecule has 0 heterocycles. The van der Waals surface area contributed by atoms with Gasteiger partial charge in [-0.25, -0.2) is 0 Å². The summed E-state index contributed by atoms with van der Waals surface area (Å²) in [4.78, 5) is 0. The second kappa shape index (κ2) is 62.7. The van der Waals surface area contributed by atoms with Gasteiger partial charge in [0.2, 0.25) is 0 Å². The summed E-state index contributed by atoms with van der Waals surface area (Å²) in [5.41, 5.74) is 0. The Morgan fingerprint density at radius 1 is 0.500 bits per heavy atom. The third kappa shape index (κ3) is 37.4. The van der Waals surface area contributed by atoms with Crippen LogP contribution in [-0.2, 0) is 40.5 Å². The molecule has 0 spiro atoms. The third-order valence-corrected chi connectivity index (χ3v) is 0. The van der Waals surface area contributed by atoms with Gasteiger partial charge in [0.15, 0.2) is 0 Å². The minimum Gasteiger partial charge on any atom is -2.00 e. The zero-order valence-corrected chi connectivity index (χ0v) is 6.28. The molecule has 0 fully saturated rings. The Labute approximate surface area is 88.3 Å². The Hall–Kier alpha value is 2.01. The first-order valence-corrected chi connectivity index (χ1v) is 0. The van der Waals surface area contributed by atoms with E-state index in [1.54, 1.807) is 0 Å². The standard InChI is InChI=1S/Eu.4O.V/q+3;4*-2;. The topological polar surface area (TPSA) is 114 Å². The predicted molar refractivity (Wildman–Crippen MR) is 2.75 cm³/mol. The van der Waals surface area contributed by atoms with E-state index in [1.807, 2.05) is 0 Å². The Morgan fingerprint density at radius 3 is 0.500 bits per heavy atom. The largest absolute Gasteiger partial charge is 3.00 e. The molecule has 0 unspecified atom stereocenters. The maximum atomic E-state index is 0. The summed E-state index contributed by atoms with van der Waals surface area (Å²) in [6, 6.07) is 0. The number of rotatable bonds is 0. The van der Waals surface area contributed by atoms with Gasteiger partial charge in [0.05, 0.1) is 0 Å². The molecular weight excluding hydrogens is 267 g/mol. The average Bonchev–Trinajstić information content (AvgIpc) is 0. The molecule has 6 heavy (non-hydrogen) atoms. The quantitative estimate of drug-likeness (QED) is 0.564. The van der Waals surface area contributed by atoms with E-state index in [-0.39, 0.29) is 89.8 Å². The fourth-order valence-electron chi connectivity index (χ4n) is 0. The molecule has 0 saturated heterocycles. The van der Waals surface area contributed by atoms with Crippen LogP contribution in [-0.4, -0.2) is 0 Å². The van der Waals surface area contributed by atoms with E-state index in [9.17, 15) is 0 Å². The summed E-state index contributed by atoms with van der Waals surface area (Å²) in [5.74, 6) is 0. The first kappa shape index (κ1) is 97.5. The van der Waals surface area contributed by atoms with Crippen molar-refractivity contribution in [2.24, 2.45) is 0 Å². The van der Waals surface area contributed by atoms with E-state index in [4.69, 9.17) is 0 Å². The molecule has 4 nitrogen and oxygen atoms in total. The zero-order valence-electron chi connectivity index (χ0n) is 2.46. The summed E-state index contributed by atoms with van der Waals surface area (Å²) < 4.78 is 0. The van der Waals surface area contributed by atoms with Crippen molar-refractivity contribution in [1.29, 1.82) is 0 Å². The molecular formula is EuO4V-5. The van der Waals surface area contributed by atoms with Gasteiger partial charge < -0.3 is 21.9 Å². The van der Waals surface area contributed by atoms with Crippen LogP contribution in [0.3, 0.4) is 0 Å². The van der Waals surface area contributed by atoms with Crippen LogP contribution in [0.4, 0.5) is 0 Å². The van der Waals surface area contributed by atoms with Crippen molar-refractivity contribution in [3.8, 4) is 0 Å². The molecule has 0 aromatic heterocycles. The van der Waals surface area contributed by atoms with Crippen LogP contribution < -0.4 is 0 Å². The molecule has 0 atom stereocenters. The molecule has 0 aliphatic rings. The molecule has 0 rings (SSSR count).